The molecule has 0 unspecified atom stereocenters. The molecule has 0 bridgehead atoms. The maximum absolute atomic E-state index is 5.84. The Morgan fingerprint density at radius 1 is 1.00 bits per heavy atom. The van der Waals surface area contributed by atoms with E-state index in [2.05, 4.69) is 25.0 Å². The molecular weight excluding hydrogens is 226 g/mol. The van der Waals surface area contributed by atoms with Crippen molar-refractivity contribution in [3.05, 3.63) is 0 Å². The van der Waals surface area contributed by atoms with Gasteiger partial charge in [-0.15, -0.1) is 0 Å². The van der Waals surface area contributed by atoms with Gasteiger partial charge < -0.3 is 9.74 Å². The first kappa shape index (κ1) is 15.2. The van der Waals surface area contributed by atoms with Crippen LogP contribution in [0.15, 0.2) is 0 Å². The van der Waals surface area contributed by atoms with Crippen LogP contribution < -0.4 is 5.32 Å². The van der Waals surface area contributed by atoms with E-state index in [1.165, 1.54) is 57.9 Å². The summed E-state index contributed by atoms with van der Waals surface area (Å²) in [5, 5.41) is 3.70. The highest BCUT2D eigenvalue weighted by atomic mass is 28.4. The molecule has 2 nitrogen and oxygen atoms in total. The van der Waals surface area contributed by atoms with E-state index in [0.29, 0.717) is 0 Å². The van der Waals surface area contributed by atoms with Gasteiger partial charge in [-0.2, -0.15) is 0 Å². The lowest BCUT2D eigenvalue weighted by Gasteiger charge is -2.22. The molecule has 102 valence electrons. The summed E-state index contributed by atoms with van der Waals surface area (Å²) in [4.78, 5) is 0. The van der Waals surface area contributed by atoms with Gasteiger partial charge in [0.25, 0.3) is 0 Å². The highest BCUT2D eigenvalue weighted by Crippen LogP contribution is 2.17. The molecule has 1 fully saturated rings. The first-order valence-corrected chi connectivity index (χ1v) is 10.9. The van der Waals surface area contributed by atoms with Crippen LogP contribution in [0.3, 0.4) is 0 Å². The van der Waals surface area contributed by atoms with Crippen LogP contribution in [0.1, 0.15) is 51.4 Å². The summed E-state index contributed by atoms with van der Waals surface area (Å²) in [6, 6.07) is 0.821. The minimum absolute atomic E-state index is 0.821. The maximum Gasteiger partial charge on any atom is 0.183 e. The molecule has 1 N–H and O–H groups in total. The Balaban J connectivity index is 1.84. The minimum Gasteiger partial charge on any atom is -0.418 e. The zero-order chi connectivity index (χ0) is 12.6. The highest BCUT2D eigenvalue weighted by molar-refractivity contribution is 6.69. The molecule has 3 heteroatoms. The molecule has 0 heterocycles. The predicted molar refractivity (Wildman–Crippen MR) is 78.0 cm³/mol. The fourth-order valence-corrected chi connectivity index (χ4v) is 3.15. The Hall–Kier alpha value is 0.137. The van der Waals surface area contributed by atoms with Gasteiger partial charge in [0.05, 0.1) is 0 Å². The van der Waals surface area contributed by atoms with E-state index in [4.69, 9.17) is 4.43 Å². The second-order valence-corrected chi connectivity index (χ2v) is 10.8. The zero-order valence-corrected chi connectivity index (χ0v) is 13.1. The van der Waals surface area contributed by atoms with E-state index < -0.39 is 8.32 Å². The molecule has 0 aromatic rings. The number of unbranched alkanes of at least 4 members (excludes halogenated alkanes) is 2. The van der Waals surface area contributed by atoms with E-state index in [0.717, 1.165) is 12.6 Å². The van der Waals surface area contributed by atoms with Gasteiger partial charge in [-0.1, -0.05) is 19.3 Å². The molecule has 0 radical (unpaired) electrons. The lowest BCUT2D eigenvalue weighted by molar-refractivity contribution is 0.297. The summed E-state index contributed by atoms with van der Waals surface area (Å²) >= 11 is 0. The van der Waals surface area contributed by atoms with Crippen molar-refractivity contribution in [2.75, 3.05) is 13.2 Å². The van der Waals surface area contributed by atoms with Gasteiger partial charge in [0.1, 0.15) is 0 Å². The van der Waals surface area contributed by atoms with Gasteiger partial charge in [-0.3, -0.25) is 0 Å². The summed E-state index contributed by atoms with van der Waals surface area (Å²) in [5.41, 5.74) is 0. The van der Waals surface area contributed by atoms with Crippen LogP contribution in [-0.4, -0.2) is 27.5 Å². The summed E-state index contributed by atoms with van der Waals surface area (Å²) in [6.07, 6.45) is 11.0. The van der Waals surface area contributed by atoms with Crippen LogP contribution in [0.5, 0.6) is 0 Å². The van der Waals surface area contributed by atoms with E-state index in [9.17, 15) is 0 Å². The first-order chi connectivity index (χ1) is 8.08. The second kappa shape index (κ2) is 8.28. The quantitative estimate of drug-likeness (QED) is 0.525. The smallest absolute Gasteiger partial charge is 0.183 e. The van der Waals surface area contributed by atoms with Gasteiger partial charge >= 0.3 is 0 Å². The summed E-state index contributed by atoms with van der Waals surface area (Å²) in [5.74, 6) is 0. The van der Waals surface area contributed by atoms with Crippen molar-refractivity contribution in [2.24, 2.45) is 0 Å². The van der Waals surface area contributed by atoms with E-state index >= 15 is 0 Å². The molecule has 0 amide bonds. The van der Waals surface area contributed by atoms with Crippen molar-refractivity contribution < 1.29 is 4.43 Å². The summed E-state index contributed by atoms with van der Waals surface area (Å²) in [6.45, 7) is 8.96. The van der Waals surface area contributed by atoms with Gasteiger partial charge in [-0.25, -0.2) is 0 Å². The Labute approximate surface area is 109 Å². The van der Waals surface area contributed by atoms with E-state index in [1.807, 2.05) is 0 Å². The van der Waals surface area contributed by atoms with Gasteiger partial charge in [0.15, 0.2) is 8.32 Å². The monoisotopic (exact) mass is 257 g/mol. The zero-order valence-electron chi connectivity index (χ0n) is 12.1. The molecule has 1 rings (SSSR count). The van der Waals surface area contributed by atoms with Crippen molar-refractivity contribution in [3.63, 3.8) is 0 Å². The van der Waals surface area contributed by atoms with Crippen LogP contribution in [0.2, 0.25) is 19.6 Å². The van der Waals surface area contributed by atoms with Crippen LogP contribution in [0.25, 0.3) is 0 Å². The van der Waals surface area contributed by atoms with Crippen LogP contribution >= 0.6 is 0 Å². The van der Waals surface area contributed by atoms with E-state index in [-0.39, 0.29) is 0 Å². The normalized spacial score (nSPS) is 18.5. The third kappa shape index (κ3) is 8.81. The molecule has 1 saturated carbocycles. The van der Waals surface area contributed by atoms with Crippen molar-refractivity contribution >= 4 is 8.32 Å². The lowest BCUT2D eigenvalue weighted by Crippen LogP contribution is -2.31. The van der Waals surface area contributed by atoms with E-state index in [1.54, 1.807) is 0 Å². The molecule has 17 heavy (non-hydrogen) atoms. The Kier molecular flexibility index (Phi) is 7.40. The van der Waals surface area contributed by atoms with Crippen molar-refractivity contribution in [1.29, 1.82) is 0 Å². The Morgan fingerprint density at radius 2 is 1.71 bits per heavy atom. The SMILES string of the molecule is C[Si](C)(C)OCCCCCNC1CCCCC1. The fourth-order valence-electron chi connectivity index (χ4n) is 2.40. The van der Waals surface area contributed by atoms with Gasteiger partial charge in [0, 0.05) is 12.6 Å². The first-order valence-electron chi connectivity index (χ1n) is 7.45. The summed E-state index contributed by atoms with van der Waals surface area (Å²) < 4.78 is 5.84. The third-order valence-corrected chi connectivity index (χ3v) is 4.46. The molecule has 0 aromatic heterocycles. The molecule has 0 aromatic carbocycles. The molecule has 1 aliphatic rings. The molecule has 0 spiro atoms. The molecule has 1 aliphatic carbocycles. The molecular formula is C14H31NOSi. The fraction of sp³-hybridized carbons (Fsp3) is 1.00. The minimum atomic E-state index is -1.27. The predicted octanol–water partition coefficient (Wildman–Crippen LogP) is 3.93. The topological polar surface area (TPSA) is 21.3 Å². The Bertz CT molecular complexity index is 185. The number of hydrogen-bond acceptors (Lipinski definition) is 2. The largest absolute Gasteiger partial charge is 0.418 e. The standard InChI is InChI=1S/C14H31NOSi/c1-17(2,3)16-13-9-5-8-12-15-14-10-6-4-7-11-14/h14-15H,4-13H2,1-3H3. The van der Waals surface area contributed by atoms with Crippen LogP contribution in [0, 0.1) is 0 Å². The third-order valence-electron chi connectivity index (χ3n) is 3.39. The van der Waals surface area contributed by atoms with Gasteiger partial charge in [-0.05, 0) is 58.3 Å². The highest BCUT2D eigenvalue weighted by Gasteiger charge is 2.13. The van der Waals surface area contributed by atoms with Crippen LogP contribution in [0.4, 0.5) is 0 Å². The number of rotatable bonds is 8. The number of nitrogens with one attached hydrogen (secondary N) is 1. The number of hydrogen-bond donors (Lipinski definition) is 1. The maximum atomic E-state index is 5.84. The average molecular weight is 257 g/mol. The van der Waals surface area contributed by atoms with Gasteiger partial charge in [0.2, 0.25) is 0 Å². The van der Waals surface area contributed by atoms with Crippen LogP contribution in [-0.2, 0) is 4.43 Å². The Morgan fingerprint density at radius 3 is 2.35 bits per heavy atom. The molecule has 0 saturated heterocycles. The van der Waals surface area contributed by atoms with Crippen molar-refractivity contribution in [2.45, 2.75) is 77.0 Å². The lowest BCUT2D eigenvalue weighted by atomic mass is 9.95. The second-order valence-electron chi connectivity index (χ2n) is 6.31. The van der Waals surface area contributed by atoms with Crippen molar-refractivity contribution in [1.82, 2.24) is 5.32 Å². The van der Waals surface area contributed by atoms with Crippen molar-refractivity contribution in [3.8, 4) is 0 Å². The average Bonchev–Trinajstić information content (AvgIpc) is 2.28. The molecule has 0 atom stereocenters. The summed E-state index contributed by atoms with van der Waals surface area (Å²) in [7, 11) is -1.27. The molecule has 0 aliphatic heterocycles.